The minimum atomic E-state index is -0.459. The van der Waals surface area contributed by atoms with Gasteiger partial charge in [0.2, 0.25) is 17.7 Å². The SMILES string of the molecule is COc1cccc([C@H]2CCc3cc(O)ccc3[C@H]2c2ccc(N3CCC(CN4CCN(c5ccc(C(N)=O)c(CC[C@H]6CCC(=O)NC6=O)c5)CC4)CC3)cc2)c1. The zero-order chi connectivity index (χ0) is 39.5. The average Bonchev–Trinajstić information content (AvgIpc) is 3.23. The fourth-order valence-electron chi connectivity index (χ4n) is 9.84. The number of aryl methyl sites for hydroxylation is 2. The number of rotatable bonds is 11. The summed E-state index contributed by atoms with van der Waals surface area (Å²) >= 11 is 0. The molecule has 3 fully saturated rings. The van der Waals surface area contributed by atoms with Crippen molar-refractivity contribution < 1.29 is 24.2 Å². The Labute approximate surface area is 336 Å². The number of hydrogen-bond acceptors (Lipinski definition) is 8. The van der Waals surface area contributed by atoms with E-state index in [0.29, 0.717) is 48.8 Å². The molecule has 0 bridgehead atoms. The standard InChI is InChI=1S/C47H55N5O5/c1-57-40-4-2-3-34(29-40)41-15-9-36-28-39(53)14-17-42(36)45(41)32-7-11-37(12-8-32)51-21-19-31(20-22-51)30-50-23-25-52(26-24-50)38-13-16-43(46(48)55)35(27-38)6-5-33-10-18-44(54)49-47(33)56/h2-4,7-8,11-14,16-17,27-29,31,33,41,45,53H,5-6,9-10,15,18-26,30H2,1H3,(H2,48,55)(H,49,54,56)/t33-,41+,45-/m0/s1. The number of phenolic OH excluding ortho intramolecular Hbond substituents is 1. The van der Waals surface area contributed by atoms with Gasteiger partial charge in [0.1, 0.15) is 11.5 Å². The third-order valence-corrected chi connectivity index (χ3v) is 13.1. The van der Waals surface area contributed by atoms with Gasteiger partial charge in [-0.15, -0.1) is 0 Å². The molecule has 0 spiro atoms. The summed E-state index contributed by atoms with van der Waals surface area (Å²) in [6.45, 7) is 7.03. The van der Waals surface area contributed by atoms with E-state index in [9.17, 15) is 19.5 Å². The highest BCUT2D eigenvalue weighted by atomic mass is 16.5. The van der Waals surface area contributed by atoms with Crippen molar-refractivity contribution in [1.29, 1.82) is 0 Å². The van der Waals surface area contributed by atoms with Gasteiger partial charge in [0, 0.05) is 81.0 Å². The molecule has 4 aromatic rings. The van der Waals surface area contributed by atoms with Gasteiger partial charge >= 0.3 is 0 Å². The first kappa shape index (κ1) is 38.5. The Morgan fingerprint density at radius 3 is 2.30 bits per heavy atom. The molecule has 8 rings (SSSR count). The van der Waals surface area contributed by atoms with Crippen LogP contribution in [-0.4, -0.2) is 80.7 Å². The molecule has 0 saturated carbocycles. The summed E-state index contributed by atoms with van der Waals surface area (Å²) < 4.78 is 5.59. The Morgan fingerprint density at radius 1 is 0.807 bits per heavy atom. The van der Waals surface area contributed by atoms with E-state index in [-0.39, 0.29) is 23.7 Å². The first-order valence-electron chi connectivity index (χ1n) is 20.8. The number of aromatic hydroxyl groups is 1. The summed E-state index contributed by atoms with van der Waals surface area (Å²) in [6.07, 6.45) is 6.33. The second-order valence-corrected chi connectivity index (χ2v) is 16.5. The van der Waals surface area contributed by atoms with Crippen molar-refractivity contribution in [3.05, 3.63) is 118 Å². The van der Waals surface area contributed by atoms with E-state index in [1.165, 1.54) is 40.8 Å². The number of imide groups is 1. The maximum Gasteiger partial charge on any atom is 0.248 e. The highest BCUT2D eigenvalue weighted by Crippen LogP contribution is 2.47. The Morgan fingerprint density at radius 2 is 1.56 bits per heavy atom. The smallest absolute Gasteiger partial charge is 0.248 e. The predicted octanol–water partition coefficient (Wildman–Crippen LogP) is 6.39. The number of anilines is 2. The van der Waals surface area contributed by atoms with Crippen LogP contribution in [0.2, 0.25) is 0 Å². The summed E-state index contributed by atoms with van der Waals surface area (Å²) in [5.41, 5.74) is 14.6. The Balaban J connectivity index is 0.852. The first-order valence-corrected chi connectivity index (χ1v) is 20.8. The van der Waals surface area contributed by atoms with Crippen LogP contribution in [0.3, 0.4) is 0 Å². The van der Waals surface area contributed by atoms with Crippen LogP contribution in [0.15, 0.2) is 84.9 Å². The van der Waals surface area contributed by atoms with Crippen molar-refractivity contribution >= 4 is 29.1 Å². The maximum atomic E-state index is 12.3. The molecule has 298 valence electrons. The van der Waals surface area contributed by atoms with Crippen molar-refractivity contribution in [3.8, 4) is 11.5 Å². The molecule has 0 unspecified atom stereocenters. The Kier molecular flexibility index (Phi) is 11.5. The predicted molar refractivity (Wildman–Crippen MR) is 223 cm³/mol. The second-order valence-electron chi connectivity index (χ2n) is 16.5. The number of amides is 3. The number of piperidine rings is 2. The number of piperazine rings is 1. The highest BCUT2D eigenvalue weighted by Gasteiger charge is 2.33. The van der Waals surface area contributed by atoms with E-state index in [4.69, 9.17) is 10.5 Å². The molecule has 10 heteroatoms. The molecule has 1 aliphatic carbocycles. The van der Waals surface area contributed by atoms with Crippen molar-refractivity contribution in [1.82, 2.24) is 10.2 Å². The van der Waals surface area contributed by atoms with Gasteiger partial charge < -0.3 is 25.4 Å². The van der Waals surface area contributed by atoms with Crippen LogP contribution in [0, 0.1) is 11.8 Å². The third kappa shape index (κ3) is 8.66. The average molecular weight is 770 g/mol. The largest absolute Gasteiger partial charge is 0.508 e. The quantitative estimate of drug-likeness (QED) is 0.150. The number of nitrogens with zero attached hydrogens (tertiary/aromatic N) is 3. The molecule has 3 aliphatic heterocycles. The van der Waals surface area contributed by atoms with Gasteiger partial charge in [-0.2, -0.15) is 0 Å². The van der Waals surface area contributed by atoms with Gasteiger partial charge in [-0.05, 0) is 139 Å². The van der Waals surface area contributed by atoms with Gasteiger partial charge in [-0.3, -0.25) is 24.6 Å². The summed E-state index contributed by atoms with van der Waals surface area (Å²) in [4.78, 5) is 43.7. The lowest BCUT2D eigenvalue weighted by Crippen LogP contribution is -2.49. The van der Waals surface area contributed by atoms with E-state index in [2.05, 4.69) is 74.6 Å². The summed E-state index contributed by atoms with van der Waals surface area (Å²) in [5.74, 6) is 1.27. The monoisotopic (exact) mass is 769 g/mol. The molecule has 3 heterocycles. The molecule has 3 amide bonds. The van der Waals surface area contributed by atoms with Crippen molar-refractivity contribution in [3.63, 3.8) is 0 Å². The molecule has 4 aromatic carbocycles. The molecule has 3 atom stereocenters. The number of phenols is 1. The second kappa shape index (κ2) is 17.0. The maximum absolute atomic E-state index is 12.3. The third-order valence-electron chi connectivity index (χ3n) is 13.1. The topological polar surface area (TPSA) is 128 Å². The van der Waals surface area contributed by atoms with Crippen molar-refractivity contribution in [2.45, 2.75) is 63.2 Å². The van der Waals surface area contributed by atoms with E-state index in [1.807, 2.05) is 30.3 Å². The Bertz CT molecular complexity index is 2090. The normalized spacial score (nSPS) is 21.9. The molecule has 4 N–H and O–H groups in total. The summed E-state index contributed by atoms with van der Waals surface area (Å²) in [7, 11) is 1.72. The number of carbonyl (C=O) groups excluding carboxylic acids is 3. The summed E-state index contributed by atoms with van der Waals surface area (Å²) in [5, 5.41) is 12.7. The van der Waals surface area contributed by atoms with Gasteiger partial charge in [0.15, 0.2) is 0 Å². The number of primary amides is 1. The number of carbonyl (C=O) groups is 3. The van der Waals surface area contributed by atoms with Gasteiger partial charge in [0.25, 0.3) is 0 Å². The molecule has 0 aromatic heterocycles. The molecule has 4 aliphatic rings. The lowest BCUT2D eigenvalue weighted by Gasteiger charge is -2.40. The lowest BCUT2D eigenvalue weighted by atomic mass is 9.69. The van der Waals surface area contributed by atoms with Crippen LogP contribution >= 0.6 is 0 Å². The molecule has 0 radical (unpaired) electrons. The fraction of sp³-hybridized carbons (Fsp3) is 0.426. The van der Waals surface area contributed by atoms with Gasteiger partial charge in [-0.1, -0.05) is 30.3 Å². The van der Waals surface area contributed by atoms with Crippen LogP contribution in [0.1, 0.15) is 88.5 Å². The zero-order valence-electron chi connectivity index (χ0n) is 33.0. The van der Waals surface area contributed by atoms with Crippen molar-refractivity contribution in [2.75, 3.05) is 62.7 Å². The van der Waals surface area contributed by atoms with Crippen molar-refractivity contribution in [2.24, 2.45) is 17.6 Å². The zero-order valence-corrected chi connectivity index (χ0v) is 33.0. The highest BCUT2D eigenvalue weighted by molar-refractivity contribution is 5.98. The van der Waals surface area contributed by atoms with E-state index in [0.717, 1.165) is 75.7 Å². The van der Waals surface area contributed by atoms with Crippen LogP contribution in [-0.2, 0) is 22.4 Å². The van der Waals surface area contributed by atoms with Crippen LogP contribution in [0.5, 0.6) is 11.5 Å². The molecular weight excluding hydrogens is 715 g/mol. The Hall–Kier alpha value is -5.35. The van der Waals surface area contributed by atoms with E-state index in [1.54, 1.807) is 7.11 Å². The minimum absolute atomic E-state index is 0.197. The number of fused-ring (bicyclic) bond motifs is 1. The van der Waals surface area contributed by atoms with E-state index >= 15 is 0 Å². The number of nitrogens with two attached hydrogens (primary N) is 1. The van der Waals surface area contributed by atoms with Gasteiger partial charge in [0.05, 0.1) is 7.11 Å². The number of hydrogen-bond donors (Lipinski definition) is 3. The van der Waals surface area contributed by atoms with Crippen LogP contribution in [0.4, 0.5) is 11.4 Å². The number of ether oxygens (including phenoxy) is 1. The molecule has 3 saturated heterocycles. The molecular formula is C47H55N5O5. The van der Waals surface area contributed by atoms with E-state index < -0.39 is 5.91 Å². The minimum Gasteiger partial charge on any atom is -0.508 e. The van der Waals surface area contributed by atoms with Crippen LogP contribution in [0.25, 0.3) is 0 Å². The number of nitrogens with one attached hydrogen (secondary N) is 1. The molecule has 10 nitrogen and oxygen atoms in total. The number of benzene rings is 4. The van der Waals surface area contributed by atoms with Crippen LogP contribution < -0.4 is 25.6 Å². The lowest BCUT2D eigenvalue weighted by molar-refractivity contribution is -0.136. The fourth-order valence-corrected chi connectivity index (χ4v) is 9.84. The number of methoxy groups -OCH3 is 1. The molecule has 57 heavy (non-hydrogen) atoms. The van der Waals surface area contributed by atoms with Gasteiger partial charge in [-0.25, -0.2) is 0 Å². The first-order chi connectivity index (χ1) is 27.7. The summed E-state index contributed by atoms with van der Waals surface area (Å²) in [6, 6.07) is 29.5.